The molecule has 0 bridgehead atoms. The molecule has 0 unspecified atom stereocenters. The van der Waals surface area contributed by atoms with Gasteiger partial charge >= 0.3 is 0 Å². The molecule has 3 aliphatic heterocycles. The molecular weight excluding hydrogens is 438 g/mol. The van der Waals surface area contributed by atoms with Gasteiger partial charge in [0, 0.05) is 86.5 Å². The van der Waals surface area contributed by atoms with Crippen molar-refractivity contribution in [2.45, 2.75) is 26.2 Å². The van der Waals surface area contributed by atoms with E-state index in [-0.39, 0.29) is 0 Å². The highest BCUT2D eigenvalue weighted by Crippen LogP contribution is 2.41. The van der Waals surface area contributed by atoms with Gasteiger partial charge in [0.25, 0.3) is 0 Å². The molecule has 3 fully saturated rings. The van der Waals surface area contributed by atoms with Crippen LogP contribution >= 0.6 is 0 Å². The molecule has 2 aromatic heterocycles. The Morgan fingerprint density at radius 2 is 1.69 bits per heavy atom. The van der Waals surface area contributed by atoms with Crippen LogP contribution in [0.5, 0.6) is 0 Å². The molecule has 3 aromatic rings. The first-order valence-electron chi connectivity index (χ1n) is 12.8. The van der Waals surface area contributed by atoms with E-state index in [9.17, 15) is 0 Å². The predicted molar refractivity (Wildman–Crippen MR) is 141 cm³/mol. The van der Waals surface area contributed by atoms with Crippen molar-refractivity contribution in [1.82, 2.24) is 19.9 Å². The van der Waals surface area contributed by atoms with Gasteiger partial charge in [-0.25, -0.2) is 15.0 Å². The number of ether oxygens (including phenoxy) is 1. The number of hydrogen-bond donors (Lipinski definition) is 1. The summed E-state index contributed by atoms with van der Waals surface area (Å²) in [5.41, 5.74) is 4.71. The van der Waals surface area contributed by atoms with Crippen LogP contribution in [-0.2, 0) is 4.74 Å². The largest absolute Gasteiger partial charge is 0.381 e. The second kappa shape index (κ2) is 9.24. The van der Waals surface area contributed by atoms with Crippen molar-refractivity contribution in [2.75, 3.05) is 74.6 Å². The minimum Gasteiger partial charge on any atom is -0.381 e. The van der Waals surface area contributed by atoms with Crippen molar-refractivity contribution in [1.29, 1.82) is 0 Å². The maximum Gasteiger partial charge on any atom is 0.227 e. The Balaban J connectivity index is 1.19. The third kappa shape index (κ3) is 4.65. The minimum atomic E-state index is 0.535. The summed E-state index contributed by atoms with van der Waals surface area (Å²) in [4.78, 5) is 21.7. The average Bonchev–Trinajstić information content (AvgIpc) is 2.95. The Kier molecular flexibility index (Phi) is 5.94. The summed E-state index contributed by atoms with van der Waals surface area (Å²) in [6.07, 6.45) is 5.07. The molecule has 1 aromatic carbocycles. The summed E-state index contributed by atoms with van der Waals surface area (Å²) in [6, 6.07) is 10.7. The molecule has 0 atom stereocenters. The van der Waals surface area contributed by atoms with Gasteiger partial charge in [-0.2, -0.15) is 0 Å². The third-order valence-electron chi connectivity index (χ3n) is 7.41. The summed E-state index contributed by atoms with van der Waals surface area (Å²) in [7, 11) is 2.20. The highest BCUT2D eigenvalue weighted by Gasteiger charge is 2.50. The topological polar surface area (TPSA) is 69.7 Å². The van der Waals surface area contributed by atoms with Crippen LogP contribution in [0.25, 0.3) is 10.9 Å². The molecule has 3 saturated heterocycles. The van der Waals surface area contributed by atoms with Gasteiger partial charge < -0.3 is 24.8 Å². The monoisotopic (exact) mass is 473 g/mol. The zero-order valence-corrected chi connectivity index (χ0v) is 20.8. The van der Waals surface area contributed by atoms with E-state index >= 15 is 0 Å². The SMILES string of the molecule is Cc1cc2cnc(Nc3ccc(N4CC5(CN(C)C5)C4)cc3)nc2c(N2CCCCOCCC2)n1. The molecule has 3 aliphatic rings. The normalized spacial score (nSPS) is 20.6. The average molecular weight is 474 g/mol. The van der Waals surface area contributed by atoms with Crippen LogP contribution in [0.2, 0.25) is 0 Å². The number of nitrogens with one attached hydrogen (secondary N) is 1. The lowest BCUT2D eigenvalue weighted by molar-refractivity contribution is -0.00238. The molecule has 0 radical (unpaired) electrons. The van der Waals surface area contributed by atoms with E-state index in [1.807, 2.05) is 13.1 Å². The van der Waals surface area contributed by atoms with Gasteiger partial charge in [0.05, 0.1) is 0 Å². The quantitative estimate of drug-likeness (QED) is 0.613. The number of hydrogen-bond acceptors (Lipinski definition) is 8. The molecule has 6 rings (SSSR count). The number of aryl methyl sites for hydroxylation is 1. The Hall–Kier alpha value is -2.97. The van der Waals surface area contributed by atoms with Crippen molar-refractivity contribution >= 4 is 34.0 Å². The molecule has 8 heteroatoms. The fourth-order valence-electron chi connectivity index (χ4n) is 5.85. The van der Waals surface area contributed by atoms with E-state index < -0.39 is 0 Å². The fraction of sp³-hybridized carbons (Fsp3) is 0.519. The predicted octanol–water partition coefficient (Wildman–Crippen LogP) is 3.84. The number of aromatic nitrogens is 3. The smallest absolute Gasteiger partial charge is 0.227 e. The van der Waals surface area contributed by atoms with Crippen molar-refractivity contribution < 1.29 is 4.74 Å². The van der Waals surface area contributed by atoms with E-state index in [0.29, 0.717) is 11.4 Å². The minimum absolute atomic E-state index is 0.535. The Labute approximate surface area is 207 Å². The highest BCUT2D eigenvalue weighted by molar-refractivity contribution is 5.89. The first-order valence-corrected chi connectivity index (χ1v) is 12.8. The first kappa shape index (κ1) is 22.5. The van der Waals surface area contributed by atoms with E-state index in [4.69, 9.17) is 14.7 Å². The lowest BCUT2D eigenvalue weighted by Gasteiger charge is -2.60. The van der Waals surface area contributed by atoms with Gasteiger partial charge in [-0.05, 0) is 63.6 Å². The number of fused-ring (bicyclic) bond motifs is 1. The summed E-state index contributed by atoms with van der Waals surface area (Å²) in [6.45, 7) is 10.4. The number of nitrogens with zero attached hydrogens (tertiary/aromatic N) is 6. The standard InChI is InChI=1S/C27H35N7O/c1-20-14-21-15-28-26(31-24(21)25(29-20)33-10-3-4-12-35-13-5-11-33)30-22-6-8-23(9-7-22)34-18-27(19-34)16-32(2)17-27/h6-9,14-15H,3-5,10-13,16-19H2,1-2H3,(H,28,30,31). The van der Waals surface area contributed by atoms with Gasteiger partial charge in [-0.15, -0.1) is 0 Å². The number of likely N-dealkylation sites (tertiary alicyclic amines) is 1. The Bertz CT molecular complexity index is 1170. The van der Waals surface area contributed by atoms with Crippen LogP contribution in [0, 0.1) is 12.3 Å². The van der Waals surface area contributed by atoms with Crippen molar-refractivity contribution in [2.24, 2.45) is 5.41 Å². The van der Waals surface area contributed by atoms with E-state index in [2.05, 4.69) is 62.4 Å². The number of benzene rings is 1. The molecule has 8 nitrogen and oxygen atoms in total. The summed E-state index contributed by atoms with van der Waals surface area (Å²) < 4.78 is 5.70. The molecular formula is C27H35N7O. The van der Waals surface area contributed by atoms with Gasteiger partial charge in [-0.3, -0.25) is 0 Å². The maximum atomic E-state index is 5.70. The van der Waals surface area contributed by atoms with Crippen LogP contribution < -0.4 is 15.1 Å². The zero-order valence-electron chi connectivity index (χ0n) is 20.8. The van der Waals surface area contributed by atoms with Crippen LogP contribution in [-0.4, -0.2) is 79.4 Å². The van der Waals surface area contributed by atoms with Gasteiger partial charge in [0.2, 0.25) is 5.95 Å². The van der Waals surface area contributed by atoms with Crippen LogP contribution in [0.4, 0.5) is 23.1 Å². The molecule has 184 valence electrons. The Morgan fingerprint density at radius 3 is 2.49 bits per heavy atom. The lowest BCUT2D eigenvalue weighted by atomic mass is 9.73. The number of rotatable bonds is 4. The van der Waals surface area contributed by atoms with Crippen LogP contribution in [0.3, 0.4) is 0 Å². The maximum absolute atomic E-state index is 5.70. The van der Waals surface area contributed by atoms with Gasteiger partial charge in [0.1, 0.15) is 5.52 Å². The first-order chi connectivity index (χ1) is 17.1. The summed E-state index contributed by atoms with van der Waals surface area (Å²) >= 11 is 0. The second-order valence-electron chi connectivity index (χ2n) is 10.6. The highest BCUT2D eigenvalue weighted by atomic mass is 16.5. The molecule has 0 amide bonds. The van der Waals surface area contributed by atoms with Crippen molar-refractivity contribution in [3.8, 4) is 0 Å². The van der Waals surface area contributed by atoms with E-state index in [1.165, 1.54) is 18.8 Å². The van der Waals surface area contributed by atoms with Crippen molar-refractivity contribution in [3.05, 3.63) is 42.2 Å². The number of anilines is 4. The van der Waals surface area contributed by atoms with E-state index in [1.54, 1.807) is 0 Å². The summed E-state index contributed by atoms with van der Waals surface area (Å²) in [5, 5.41) is 4.43. The summed E-state index contributed by atoms with van der Waals surface area (Å²) in [5.74, 6) is 1.56. The van der Waals surface area contributed by atoms with Crippen LogP contribution in [0.1, 0.15) is 25.0 Å². The molecule has 5 heterocycles. The molecule has 0 aliphatic carbocycles. The van der Waals surface area contributed by atoms with Crippen LogP contribution in [0.15, 0.2) is 36.5 Å². The fourth-order valence-corrected chi connectivity index (χ4v) is 5.85. The van der Waals surface area contributed by atoms with Gasteiger partial charge in [0.15, 0.2) is 5.82 Å². The third-order valence-corrected chi connectivity index (χ3v) is 7.41. The lowest BCUT2D eigenvalue weighted by Crippen LogP contribution is -2.71. The van der Waals surface area contributed by atoms with Gasteiger partial charge in [-0.1, -0.05) is 0 Å². The Morgan fingerprint density at radius 1 is 0.914 bits per heavy atom. The molecule has 1 spiro atoms. The van der Waals surface area contributed by atoms with Crippen molar-refractivity contribution in [3.63, 3.8) is 0 Å². The molecule has 35 heavy (non-hydrogen) atoms. The second-order valence-corrected chi connectivity index (χ2v) is 10.6. The molecule has 0 saturated carbocycles. The molecule has 1 N–H and O–H groups in total. The number of pyridine rings is 1. The zero-order chi connectivity index (χ0) is 23.8. The van der Waals surface area contributed by atoms with E-state index in [0.717, 1.165) is 86.8 Å².